The number of rotatable bonds is 4. The molecule has 0 amide bonds. The lowest BCUT2D eigenvalue weighted by Crippen LogP contribution is -2.45. The van der Waals surface area contributed by atoms with Crippen LogP contribution in [-0.2, 0) is 12.0 Å². The van der Waals surface area contributed by atoms with Gasteiger partial charge in [0, 0.05) is 11.6 Å². The van der Waals surface area contributed by atoms with Crippen LogP contribution in [0.2, 0.25) is 0 Å². The SMILES string of the molecule is C[C@H](N[C@@]1(CO)CCc2ccccc21)c1nccs1. The molecule has 2 atom stereocenters. The van der Waals surface area contributed by atoms with Crippen molar-refractivity contribution in [3.05, 3.63) is 52.0 Å². The van der Waals surface area contributed by atoms with E-state index >= 15 is 0 Å². The van der Waals surface area contributed by atoms with Crippen LogP contribution in [0.15, 0.2) is 35.8 Å². The molecule has 4 heteroatoms. The molecule has 3 rings (SSSR count). The number of nitrogens with zero attached hydrogens (tertiary/aromatic N) is 1. The Hall–Kier alpha value is -1.23. The number of hydrogen-bond donors (Lipinski definition) is 2. The zero-order chi connectivity index (χ0) is 13.3. The van der Waals surface area contributed by atoms with E-state index < -0.39 is 0 Å². The Morgan fingerprint density at radius 2 is 2.32 bits per heavy atom. The molecular weight excluding hydrogens is 256 g/mol. The van der Waals surface area contributed by atoms with Gasteiger partial charge in [0.25, 0.3) is 0 Å². The quantitative estimate of drug-likeness (QED) is 0.901. The van der Waals surface area contributed by atoms with E-state index in [0.29, 0.717) is 0 Å². The number of aliphatic hydroxyl groups is 1. The molecule has 1 aromatic heterocycles. The maximum atomic E-state index is 9.93. The van der Waals surface area contributed by atoms with E-state index in [0.717, 1.165) is 17.8 Å². The van der Waals surface area contributed by atoms with Crippen molar-refractivity contribution in [1.29, 1.82) is 0 Å². The number of benzene rings is 1. The summed E-state index contributed by atoms with van der Waals surface area (Å²) in [6.45, 7) is 2.23. The van der Waals surface area contributed by atoms with Crippen LogP contribution < -0.4 is 5.32 Å². The minimum Gasteiger partial charge on any atom is -0.394 e. The van der Waals surface area contributed by atoms with Gasteiger partial charge in [0.05, 0.1) is 18.2 Å². The average Bonchev–Trinajstić information content (AvgIpc) is 3.08. The molecule has 1 aliphatic carbocycles. The summed E-state index contributed by atoms with van der Waals surface area (Å²) >= 11 is 1.65. The molecule has 0 aliphatic heterocycles. The van der Waals surface area contributed by atoms with Gasteiger partial charge in [0.1, 0.15) is 5.01 Å². The van der Waals surface area contributed by atoms with Crippen LogP contribution in [0, 0.1) is 0 Å². The number of hydrogen-bond acceptors (Lipinski definition) is 4. The van der Waals surface area contributed by atoms with Crippen molar-refractivity contribution in [2.24, 2.45) is 0 Å². The first-order valence-corrected chi connectivity index (χ1v) is 7.49. The molecule has 19 heavy (non-hydrogen) atoms. The molecule has 100 valence electrons. The number of fused-ring (bicyclic) bond motifs is 1. The Morgan fingerprint density at radius 3 is 3.05 bits per heavy atom. The van der Waals surface area contributed by atoms with Crippen LogP contribution in [0.4, 0.5) is 0 Å². The lowest BCUT2D eigenvalue weighted by Gasteiger charge is -2.32. The second kappa shape index (κ2) is 5.04. The van der Waals surface area contributed by atoms with Crippen molar-refractivity contribution in [1.82, 2.24) is 10.3 Å². The summed E-state index contributed by atoms with van der Waals surface area (Å²) in [6, 6.07) is 8.54. The maximum absolute atomic E-state index is 9.93. The highest BCUT2D eigenvalue weighted by Crippen LogP contribution is 2.38. The Kier molecular flexibility index (Phi) is 3.39. The van der Waals surface area contributed by atoms with Crippen LogP contribution in [0.3, 0.4) is 0 Å². The molecule has 1 aliphatic rings. The summed E-state index contributed by atoms with van der Waals surface area (Å²) in [5, 5.41) is 16.6. The smallest absolute Gasteiger partial charge is 0.109 e. The highest BCUT2D eigenvalue weighted by molar-refractivity contribution is 7.09. The molecule has 0 saturated carbocycles. The van der Waals surface area contributed by atoms with Gasteiger partial charge in [-0.25, -0.2) is 4.98 Å². The molecule has 3 nitrogen and oxygen atoms in total. The van der Waals surface area contributed by atoms with Crippen LogP contribution in [-0.4, -0.2) is 16.7 Å². The molecule has 0 bridgehead atoms. The van der Waals surface area contributed by atoms with Crippen molar-refractivity contribution >= 4 is 11.3 Å². The minimum absolute atomic E-state index is 0.125. The van der Waals surface area contributed by atoms with E-state index in [1.807, 2.05) is 17.6 Å². The highest BCUT2D eigenvalue weighted by atomic mass is 32.1. The predicted octanol–water partition coefficient (Wildman–Crippen LogP) is 2.63. The molecule has 0 radical (unpaired) electrons. The van der Waals surface area contributed by atoms with E-state index in [-0.39, 0.29) is 18.2 Å². The molecule has 0 spiro atoms. The second-order valence-corrected chi connectivity index (χ2v) is 6.06. The molecule has 2 N–H and O–H groups in total. The van der Waals surface area contributed by atoms with Gasteiger partial charge in [-0.2, -0.15) is 0 Å². The summed E-state index contributed by atoms with van der Waals surface area (Å²) in [5.41, 5.74) is 2.26. The molecule has 1 heterocycles. The van der Waals surface area contributed by atoms with Gasteiger partial charge in [-0.15, -0.1) is 11.3 Å². The molecule has 0 saturated heterocycles. The van der Waals surface area contributed by atoms with Crippen molar-refractivity contribution in [3.8, 4) is 0 Å². The monoisotopic (exact) mass is 274 g/mol. The highest BCUT2D eigenvalue weighted by Gasteiger charge is 2.39. The Balaban J connectivity index is 1.89. The van der Waals surface area contributed by atoms with E-state index in [9.17, 15) is 5.11 Å². The first kappa shape index (κ1) is 12.8. The minimum atomic E-state index is -0.318. The van der Waals surface area contributed by atoms with Gasteiger partial charge in [-0.1, -0.05) is 24.3 Å². The summed E-state index contributed by atoms with van der Waals surface area (Å²) in [5.74, 6) is 0. The van der Waals surface area contributed by atoms with E-state index in [1.54, 1.807) is 11.3 Å². The first-order chi connectivity index (χ1) is 9.25. The molecule has 0 unspecified atom stereocenters. The number of aliphatic hydroxyl groups excluding tert-OH is 1. The zero-order valence-corrected chi connectivity index (χ0v) is 11.8. The Bertz CT molecular complexity index is 555. The zero-order valence-electron chi connectivity index (χ0n) is 11.0. The van der Waals surface area contributed by atoms with Crippen LogP contribution in [0.5, 0.6) is 0 Å². The van der Waals surface area contributed by atoms with Gasteiger partial charge in [-0.05, 0) is 30.9 Å². The van der Waals surface area contributed by atoms with Gasteiger partial charge in [0.2, 0.25) is 0 Å². The van der Waals surface area contributed by atoms with Gasteiger partial charge >= 0.3 is 0 Å². The normalized spacial score (nSPS) is 23.3. The fraction of sp³-hybridized carbons (Fsp3) is 0.400. The van der Waals surface area contributed by atoms with Gasteiger partial charge in [0.15, 0.2) is 0 Å². The van der Waals surface area contributed by atoms with Gasteiger partial charge in [-0.3, -0.25) is 5.32 Å². The number of aryl methyl sites for hydroxylation is 1. The van der Waals surface area contributed by atoms with Crippen molar-refractivity contribution in [2.45, 2.75) is 31.3 Å². The largest absolute Gasteiger partial charge is 0.394 e. The number of nitrogens with one attached hydrogen (secondary N) is 1. The summed E-state index contributed by atoms with van der Waals surface area (Å²) in [4.78, 5) is 4.35. The van der Waals surface area contributed by atoms with Crippen molar-refractivity contribution in [3.63, 3.8) is 0 Å². The van der Waals surface area contributed by atoms with Crippen molar-refractivity contribution in [2.75, 3.05) is 6.61 Å². The third kappa shape index (κ3) is 2.20. The summed E-state index contributed by atoms with van der Waals surface area (Å²) in [6.07, 6.45) is 3.79. The maximum Gasteiger partial charge on any atom is 0.109 e. The van der Waals surface area contributed by atoms with E-state index in [2.05, 4.69) is 35.4 Å². The fourth-order valence-corrected chi connectivity index (χ4v) is 3.62. The fourth-order valence-electron chi connectivity index (χ4n) is 2.97. The van der Waals surface area contributed by atoms with Crippen molar-refractivity contribution < 1.29 is 5.11 Å². The topological polar surface area (TPSA) is 45.1 Å². The molecule has 1 aromatic carbocycles. The Morgan fingerprint density at radius 1 is 1.47 bits per heavy atom. The lowest BCUT2D eigenvalue weighted by atomic mass is 9.92. The number of thiazole rings is 1. The van der Waals surface area contributed by atoms with Gasteiger partial charge < -0.3 is 5.11 Å². The summed E-state index contributed by atoms with van der Waals surface area (Å²) < 4.78 is 0. The molecule has 0 fully saturated rings. The summed E-state index contributed by atoms with van der Waals surface area (Å²) in [7, 11) is 0. The van der Waals surface area contributed by atoms with Crippen LogP contribution >= 0.6 is 11.3 Å². The van der Waals surface area contributed by atoms with E-state index in [4.69, 9.17) is 0 Å². The number of aromatic nitrogens is 1. The van der Waals surface area contributed by atoms with Crippen LogP contribution in [0.1, 0.15) is 35.5 Å². The first-order valence-electron chi connectivity index (χ1n) is 6.61. The standard InChI is InChI=1S/C15H18N2OS/c1-11(14-16-8-9-19-14)17-15(10-18)7-6-12-4-2-3-5-13(12)15/h2-5,8-9,11,17-18H,6-7,10H2,1H3/t11-,15+/m0/s1. The molecular formula is C15H18N2OS. The average molecular weight is 274 g/mol. The third-order valence-electron chi connectivity index (χ3n) is 3.94. The Labute approximate surface area is 117 Å². The lowest BCUT2D eigenvalue weighted by molar-refractivity contribution is 0.149. The van der Waals surface area contributed by atoms with Crippen LogP contribution in [0.25, 0.3) is 0 Å². The third-order valence-corrected chi connectivity index (χ3v) is 4.90. The predicted molar refractivity (Wildman–Crippen MR) is 77.2 cm³/mol. The molecule has 2 aromatic rings. The van der Waals surface area contributed by atoms with E-state index in [1.165, 1.54) is 11.1 Å². The second-order valence-electron chi connectivity index (χ2n) is 5.13.